The molecule has 1 aliphatic rings. The molecule has 1 saturated heterocycles. The highest BCUT2D eigenvalue weighted by Crippen LogP contribution is 2.37. The third-order valence-electron chi connectivity index (χ3n) is 4.47. The number of para-hydroxylation sites is 1. The van der Waals surface area contributed by atoms with Crippen molar-refractivity contribution in [3.05, 3.63) is 29.8 Å². The van der Waals surface area contributed by atoms with E-state index in [4.69, 9.17) is 5.73 Å². The van der Waals surface area contributed by atoms with Crippen molar-refractivity contribution >= 4 is 5.69 Å². The summed E-state index contributed by atoms with van der Waals surface area (Å²) in [7, 11) is 0. The highest BCUT2D eigenvalue weighted by atomic mass is 15.2. The molecule has 1 aromatic rings. The van der Waals surface area contributed by atoms with Gasteiger partial charge in [-0.25, -0.2) is 0 Å². The first kappa shape index (κ1) is 12.4. The Balaban J connectivity index is 2.01. The first-order valence-electron chi connectivity index (χ1n) is 6.75. The highest BCUT2D eigenvalue weighted by molar-refractivity contribution is 5.46. The third kappa shape index (κ3) is 2.63. The largest absolute Gasteiger partial charge is 0.398 e. The standard InChI is InChI=1S/C15H24N2/c1-3-15(4-2)9-10-17(12-15)11-13-7-5-6-8-14(13)16/h5-8H,3-4,9-12,16H2,1-2H3. The van der Waals surface area contributed by atoms with E-state index in [1.54, 1.807) is 0 Å². The second-order valence-corrected chi connectivity index (χ2v) is 5.37. The Bertz CT molecular complexity index is 369. The van der Waals surface area contributed by atoms with E-state index >= 15 is 0 Å². The van der Waals surface area contributed by atoms with Gasteiger partial charge in [0, 0.05) is 18.8 Å². The molecule has 0 unspecified atom stereocenters. The number of hydrogen-bond acceptors (Lipinski definition) is 2. The highest BCUT2D eigenvalue weighted by Gasteiger charge is 2.34. The van der Waals surface area contributed by atoms with Crippen molar-refractivity contribution in [2.45, 2.75) is 39.7 Å². The number of likely N-dealkylation sites (tertiary alicyclic amines) is 1. The fourth-order valence-electron chi connectivity index (χ4n) is 2.91. The zero-order valence-corrected chi connectivity index (χ0v) is 11.1. The summed E-state index contributed by atoms with van der Waals surface area (Å²) in [5, 5.41) is 0. The molecule has 2 heteroatoms. The van der Waals surface area contributed by atoms with Gasteiger partial charge in [0.1, 0.15) is 0 Å². The normalized spacial score (nSPS) is 19.6. The maximum Gasteiger partial charge on any atom is 0.0359 e. The van der Waals surface area contributed by atoms with Crippen molar-refractivity contribution in [2.24, 2.45) is 5.41 Å². The molecule has 1 aliphatic heterocycles. The Hall–Kier alpha value is -1.02. The van der Waals surface area contributed by atoms with Gasteiger partial charge in [0.05, 0.1) is 0 Å². The fourth-order valence-corrected chi connectivity index (χ4v) is 2.91. The first-order valence-corrected chi connectivity index (χ1v) is 6.75. The van der Waals surface area contributed by atoms with Crippen LogP contribution < -0.4 is 5.73 Å². The summed E-state index contributed by atoms with van der Waals surface area (Å²) >= 11 is 0. The Kier molecular flexibility index (Phi) is 3.72. The van der Waals surface area contributed by atoms with E-state index in [9.17, 15) is 0 Å². The lowest BCUT2D eigenvalue weighted by Crippen LogP contribution is -2.26. The Morgan fingerprint density at radius 2 is 1.94 bits per heavy atom. The molecule has 0 aliphatic carbocycles. The lowest BCUT2D eigenvalue weighted by molar-refractivity contribution is 0.236. The van der Waals surface area contributed by atoms with Gasteiger partial charge in [-0.2, -0.15) is 0 Å². The van der Waals surface area contributed by atoms with Crippen LogP contribution in [0, 0.1) is 5.41 Å². The zero-order chi connectivity index (χ0) is 12.3. The van der Waals surface area contributed by atoms with Gasteiger partial charge in [0.25, 0.3) is 0 Å². The van der Waals surface area contributed by atoms with Crippen molar-refractivity contribution in [3.63, 3.8) is 0 Å². The zero-order valence-electron chi connectivity index (χ0n) is 11.1. The maximum absolute atomic E-state index is 6.00. The number of hydrogen-bond donors (Lipinski definition) is 1. The maximum atomic E-state index is 6.00. The van der Waals surface area contributed by atoms with Crippen LogP contribution in [0.4, 0.5) is 5.69 Å². The molecule has 94 valence electrons. The van der Waals surface area contributed by atoms with Gasteiger partial charge in [-0.15, -0.1) is 0 Å². The second kappa shape index (κ2) is 5.09. The number of nitrogen functional groups attached to an aromatic ring is 1. The second-order valence-electron chi connectivity index (χ2n) is 5.37. The Labute approximate surface area is 105 Å². The molecule has 0 amide bonds. The van der Waals surface area contributed by atoms with Crippen molar-refractivity contribution in [2.75, 3.05) is 18.8 Å². The van der Waals surface area contributed by atoms with Crippen LogP contribution in [0.15, 0.2) is 24.3 Å². The molecule has 2 N–H and O–H groups in total. The summed E-state index contributed by atoms with van der Waals surface area (Å²) in [4.78, 5) is 2.55. The third-order valence-corrected chi connectivity index (χ3v) is 4.47. The van der Waals surface area contributed by atoms with E-state index in [1.807, 2.05) is 12.1 Å². The summed E-state index contributed by atoms with van der Waals surface area (Å²) in [6.45, 7) is 8.10. The van der Waals surface area contributed by atoms with Crippen molar-refractivity contribution in [1.82, 2.24) is 4.90 Å². The summed E-state index contributed by atoms with van der Waals surface area (Å²) < 4.78 is 0. The van der Waals surface area contributed by atoms with Gasteiger partial charge in [0.2, 0.25) is 0 Å². The first-order chi connectivity index (χ1) is 8.19. The number of nitrogens with zero attached hydrogens (tertiary/aromatic N) is 1. The topological polar surface area (TPSA) is 29.3 Å². The fraction of sp³-hybridized carbons (Fsp3) is 0.600. The molecule has 2 nitrogen and oxygen atoms in total. The van der Waals surface area contributed by atoms with Crippen molar-refractivity contribution in [1.29, 1.82) is 0 Å². The molecule has 1 heterocycles. The number of rotatable bonds is 4. The Morgan fingerprint density at radius 3 is 2.53 bits per heavy atom. The average molecular weight is 232 g/mol. The molecule has 17 heavy (non-hydrogen) atoms. The van der Waals surface area contributed by atoms with Crippen LogP contribution in [-0.4, -0.2) is 18.0 Å². The van der Waals surface area contributed by atoms with Crippen molar-refractivity contribution < 1.29 is 0 Å². The van der Waals surface area contributed by atoms with Gasteiger partial charge in [-0.05, 0) is 42.9 Å². The molecule has 1 aromatic carbocycles. The van der Waals surface area contributed by atoms with Crippen LogP contribution in [-0.2, 0) is 6.54 Å². The monoisotopic (exact) mass is 232 g/mol. The quantitative estimate of drug-likeness (QED) is 0.807. The summed E-state index contributed by atoms with van der Waals surface area (Å²) in [6, 6.07) is 8.23. The van der Waals surface area contributed by atoms with Crippen LogP contribution in [0.5, 0.6) is 0 Å². The van der Waals surface area contributed by atoms with E-state index < -0.39 is 0 Å². The SMILES string of the molecule is CCC1(CC)CCN(Cc2ccccc2N)C1. The van der Waals surface area contributed by atoms with Gasteiger partial charge in [-0.1, -0.05) is 32.0 Å². The van der Waals surface area contributed by atoms with Gasteiger partial charge < -0.3 is 5.73 Å². The predicted molar refractivity (Wildman–Crippen MR) is 73.8 cm³/mol. The molecule has 0 saturated carbocycles. The smallest absolute Gasteiger partial charge is 0.0359 e. The summed E-state index contributed by atoms with van der Waals surface area (Å²) in [5.41, 5.74) is 8.77. The van der Waals surface area contributed by atoms with E-state index in [1.165, 1.54) is 37.9 Å². The van der Waals surface area contributed by atoms with Gasteiger partial charge in [0.15, 0.2) is 0 Å². The molecule has 0 atom stereocenters. The van der Waals surface area contributed by atoms with E-state index in [0.717, 1.165) is 12.2 Å². The molecule has 2 rings (SSSR count). The van der Waals surface area contributed by atoms with Crippen molar-refractivity contribution in [3.8, 4) is 0 Å². The number of benzene rings is 1. The van der Waals surface area contributed by atoms with E-state index in [-0.39, 0.29) is 0 Å². The van der Waals surface area contributed by atoms with Crippen LogP contribution in [0.1, 0.15) is 38.7 Å². The van der Waals surface area contributed by atoms with Gasteiger partial charge >= 0.3 is 0 Å². The molecule has 1 fully saturated rings. The average Bonchev–Trinajstić information content (AvgIpc) is 2.76. The van der Waals surface area contributed by atoms with Gasteiger partial charge in [-0.3, -0.25) is 4.90 Å². The minimum Gasteiger partial charge on any atom is -0.398 e. The molecular formula is C15H24N2. The molecule has 0 radical (unpaired) electrons. The Morgan fingerprint density at radius 1 is 1.24 bits per heavy atom. The molecular weight excluding hydrogens is 208 g/mol. The minimum atomic E-state index is 0.559. The van der Waals surface area contributed by atoms with Crippen LogP contribution in [0.3, 0.4) is 0 Å². The summed E-state index contributed by atoms with van der Waals surface area (Å²) in [6.07, 6.45) is 3.93. The van der Waals surface area contributed by atoms with Crippen LogP contribution in [0.2, 0.25) is 0 Å². The lowest BCUT2D eigenvalue weighted by Gasteiger charge is -2.26. The molecule has 0 aromatic heterocycles. The van der Waals surface area contributed by atoms with E-state index in [0.29, 0.717) is 5.41 Å². The summed E-state index contributed by atoms with van der Waals surface area (Å²) in [5.74, 6) is 0. The minimum absolute atomic E-state index is 0.559. The molecule has 0 spiro atoms. The predicted octanol–water partition coefficient (Wildman–Crippen LogP) is 3.28. The number of anilines is 1. The lowest BCUT2D eigenvalue weighted by atomic mass is 9.82. The molecule has 0 bridgehead atoms. The van der Waals surface area contributed by atoms with Crippen LogP contribution in [0.25, 0.3) is 0 Å². The van der Waals surface area contributed by atoms with Crippen LogP contribution >= 0.6 is 0 Å². The van der Waals surface area contributed by atoms with E-state index in [2.05, 4.69) is 30.9 Å². The number of nitrogens with two attached hydrogens (primary N) is 1.